The number of hydrogen-bond acceptors (Lipinski definition) is 2. The molecule has 0 saturated heterocycles. The van der Waals surface area contributed by atoms with Crippen LogP contribution in [0.15, 0.2) is 18.3 Å². The predicted molar refractivity (Wildman–Crippen MR) is 59.9 cm³/mol. The molecule has 0 atom stereocenters. The normalized spacial score (nSPS) is 10.8. The molecule has 0 amide bonds. The van der Waals surface area contributed by atoms with E-state index in [1.165, 1.54) is 21.3 Å². The van der Waals surface area contributed by atoms with E-state index in [1.54, 1.807) is 11.3 Å². The van der Waals surface area contributed by atoms with Gasteiger partial charge in [-0.05, 0) is 32.9 Å². The molecule has 2 aromatic heterocycles. The van der Waals surface area contributed by atoms with Crippen LogP contribution in [0.4, 0.5) is 0 Å². The van der Waals surface area contributed by atoms with Gasteiger partial charge in [0, 0.05) is 22.5 Å². The molecule has 0 saturated carbocycles. The maximum absolute atomic E-state index is 4.37. The van der Waals surface area contributed by atoms with E-state index in [2.05, 4.69) is 42.5 Å². The zero-order valence-corrected chi connectivity index (χ0v) is 9.56. The largest absolute Gasteiger partial charge is 0.342 e. The monoisotopic (exact) mass is 206 g/mol. The third kappa shape index (κ3) is 1.73. The second kappa shape index (κ2) is 3.58. The summed E-state index contributed by atoms with van der Waals surface area (Å²) in [6.07, 6.45) is 1.94. The number of hydrogen-bond donors (Lipinski definition) is 0. The topological polar surface area (TPSA) is 17.8 Å². The zero-order valence-electron chi connectivity index (χ0n) is 8.74. The molecule has 2 rings (SSSR count). The van der Waals surface area contributed by atoms with Crippen LogP contribution in [-0.2, 0) is 6.54 Å². The maximum Gasteiger partial charge on any atom is 0.113 e. The van der Waals surface area contributed by atoms with Crippen molar-refractivity contribution in [3.8, 4) is 0 Å². The van der Waals surface area contributed by atoms with Crippen molar-refractivity contribution in [3.05, 3.63) is 39.6 Å². The maximum atomic E-state index is 4.37. The second-order valence-corrected chi connectivity index (χ2v) is 4.89. The fourth-order valence-electron chi connectivity index (χ4n) is 1.56. The van der Waals surface area contributed by atoms with E-state index in [1.807, 2.05) is 6.20 Å². The van der Waals surface area contributed by atoms with Crippen molar-refractivity contribution in [1.29, 1.82) is 0 Å². The van der Waals surface area contributed by atoms with E-state index in [0.29, 0.717) is 0 Å². The van der Waals surface area contributed by atoms with Crippen LogP contribution in [0.1, 0.15) is 21.3 Å². The summed E-state index contributed by atoms with van der Waals surface area (Å²) in [7, 11) is 0. The first kappa shape index (κ1) is 9.46. The average molecular weight is 206 g/mol. The molecule has 3 heteroatoms. The van der Waals surface area contributed by atoms with Gasteiger partial charge in [-0.3, -0.25) is 0 Å². The van der Waals surface area contributed by atoms with Crippen LogP contribution in [0, 0.1) is 20.8 Å². The molecule has 0 unspecified atom stereocenters. The zero-order chi connectivity index (χ0) is 10.1. The Morgan fingerprint density at radius 2 is 1.86 bits per heavy atom. The number of rotatable bonds is 2. The van der Waals surface area contributed by atoms with Crippen LogP contribution in [0.2, 0.25) is 0 Å². The summed E-state index contributed by atoms with van der Waals surface area (Å²) in [5, 5.41) is 1.19. The van der Waals surface area contributed by atoms with Gasteiger partial charge in [0.15, 0.2) is 0 Å². The lowest BCUT2D eigenvalue weighted by atomic mass is 10.5. The van der Waals surface area contributed by atoms with E-state index in [4.69, 9.17) is 0 Å². The molecule has 0 N–H and O–H groups in total. The van der Waals surface area contributed by atoms with E-state index < -0.39 is 0 Å². The van der Waals surface area contributed by atoms with Crippen molar-refractivity contribution < 1.29 is 0 Å². The minimum absolute atomic E-state index is 0.906. The van der Waals surface area contributed by atoms with Crippen molar-refractivity contribution in [1.82, 2.24) is 9.55 Å². The number of aromatic nitrogens is 2. The first-order valence-corrected chi connectivity index (χ1v) is 5.52. The lowest BCUT2D eigenvalue weighted by molar-refractivity contribution is 0.744. The summed E-state index contributed by atoms with van der Waals surface area (Å²) in [6, 6.07) is 4.30. The van der Waals surface area contributed by atoms with Crippen molar-refractivity contribution in [2.75, 3.05) is 0 Å². The fourth-order valence-corrected chi connectivity index (χ4v) is 2.33. The Morgan fingerprint density at radius 3 is 2.36 bits per heavy atom. The number of nitrogens with zero attached hydrogens (tertiary/aromatic N) is 2. The van der Waals surface area contributed by atoms with Gasteiger partial charge in [-0.25, -0.2) is 4.98 Å². The van der Waals surface area contributed by atoms with Crippen LogP contribution < -0.4 is 0 Å². The summed E-state index contributed by atoms with van der Waals surface area (Å²) in [5.41, 5.74) is 2.60. The van der Waals surface area contributed by atoms with Gasteiger partial charge in [0.2, 0.25) is 0 Å². The van der Waals surface area contributed by atoms with Gasteiger partial charge in [0.05, 0.1) is 6.54 Å². The summed E-state index contributed by atoms with van der Waals surface area (Å²) >= 11 is 1.77. The number of thiazole rings is 1. The highest BCUT2D eigenvalue weighted by Crippen LogP contribution is 2.15. The van der Waals surface area contributed by atoms with Gasteiger partial charge in [-0.1, -0.05) is 0 Å². The molecule has 2 aromatic rings. The van der Waals surface area contributed by atoms with Gasteiger partial charge < -0.3 is 4.57 Å². The molecule has 0 aliphatic rings. The van der Waals surface area contributed by atoms with Crippen molar-refractivity contribution in [2.45, 2.75) is 27.3 Å². The SMILES string of the molecule is Cc1cnc(Cn2c(C)ccc2C)s1. The third-order valence-corrected chi connectivity index (χ3v) is 3.28. The van der Waals surface area contributed by atoms with Crippen LogP contribution in [0.5, 0.6) is 0 Å². The Balaban J connectivity index is 2.26. The van der Waals surface area contributed by atoms with Crippen LogP contribution in [0.3, 0.4) is 0 Å². The lowest BCUT2D eigenvalue weighted by Crippen LogP contribution is -2.02. The Hall–Kier alpha value is -1.09. The van der Waals surface area contributed by atoms with Crippen LogP contribution in [-0.4, -0.2) is 9.55 Å². The highest BCUT2D eigenvalue weighted by Gasteiger charge is 2.04. The molecule has 0 aliphatic carbocycles. The summed E-state index contributed by atoms with van der Waals surface area (Å²) in [4.78, 5) is 5.65. The first-order chi connectivity index (χ1) is 6.66. The van der Waals surface area contributed by atoms with E-state index in [-0.39, 0.29) is 0 Å². The standard InChI is InChI=1S/C11H14N2S/c1-8-4-5-9(2)13(8)7-11-12-6-10(3)14-11/h4-6H,7H2,1-3H3. The fraction of sp³-hybridized carbons (Fsp3) is 0.364. The summed E-state index contributed by atoms with van der Waals surface area (Å²) < 4.78 is 2.29. The van der Waals surface area contributed by atoms with Crippen molar-refractivity contribution in [3.63, 3.8) is 0 Å². The molecule has 0 bridgehead atoms. The van der Waals surface area contributed by atoms with Gasteiger partial charge in [0.25, 0.3) is 0 Å². The van der Waals surface area contributed by atoms with Gasteiger partial charge in [0.1, 0.15) is 5.01 Å². The average Bonchev–Trinajstić information content (AvgIpc) is 2.67. The molecule has 2 nitrogen and oxygen atoms in total. The quantitative estimate of drug-likeness (QED) is 0.738. The molecule has 0 radical (unpaired) electrons. The smallest absolute Gasteiger partial charge is 0.113 e. The third-order valence-electron chi connectivity index (χ3n) is 2.38. The molecule has 74 valence electrons. The van der Waals surface area contributed by atoms with E-state index in [0.717, 1.165) is 6.54 Å². The second-order valence-electron chi connectivity index (χ2n) is 3.57. The highest BCUT2D eigenvalue weighted by molar-refractivity contribution is 7.11. The minimum atomic E-state index is 0.906. The van der Waals surface area contributed by atoms with Gasteiger partial charge >= 0.3 is 0 Å². The first-order valence-electron chi connectivity index (χ1n) is 4.71. The summed E-state index contributed by atoms with van der Waals surface area (Å²) in [6.45, 7) is 7.26. The Kier molecular flexibility index (Phi) is 2.42. The van der Waals surface area contributed by atoms with Crippen LogP contribution in [0.25, 0.3) is 0 Å². The minimum Gasteiger partial charge on any atom is -0.342 e. The van der Waals surface area contributed by atoms with Gasteiger partial charge in [-0.2, -0.15) is 0 Å². The molecular weight excluding hydrogens is 192 g/mol. The molecule has 14 heavy (non-hydrogen) atoms. The van der Waals surface area contributed by atoms with Crippen molar-refractivity contribution >= 4 is 11.3 Å². The van der Waals surface area contributed by atoms with E-state index in [9.17, 15) is 0 Å². The molecular formula is C11H14N2S. The predicted octanol–water partition coefficient (Wildman–Crippen LogP) is 2.92. The molecule has 2 heterocycles. The Morgan fingerprint density at radius 1 is 1.21 bits per heavy atom. The summed E-state index contributed by atoms with van der Waals surface area (Å²) in [5.74, 6) is 0. The lowest BCUT2D eigenvalue weighted by Gasteiger charge is -2.06. The Bertz CT molecular complexity index is 420. The molecule has 0 aromatic carbocycles. The molecule has 0 aliphatic heterocycles. The van der Waals surface area contributed by atoms with E-state index >= 15 is 0 Å². The van der Waals surface area contributed by atoms with Crippen LogP contribution >= 0.6 is 11.3 Å². The molecule has 0 spiro atoms. The Labute approximate surface area is 88.2 Å². The van der Waals surface area contributed by atoms with Gasteiger partial charge in [-0.15, -0.1) is 11.3 Å². The number of aryl methyl sites for hydroxylation is 3. The molecule has 0 fully saturated rings. The van der Waals surface area contributed by atoms with Crippen molar-refractivity contribution in [2.24, 2.45) is 0 Å². The highest BCUT2D eigenvalue weighted by atomic mass is 32.1.